The molecule has 1 atom stereocenters. The van der Waals surface area contributed by atoms with Crippen molar-refractivity contribution in [1.29, 1.82) is 0 Å². The summed E-state index contributed by atoms with van der Waals surface area (Å²) in [4.78, 5) is 36.2. The number of rotatable bonds is 5. The monoisotopic (exact) mass is 373 g/mol. The molecule has 2 amide bonds. The fourth-order valence-corrected chi connectivity index (χ4v) is 3.00. The highest BCUT2D eigenvalue weighted by Gasteiger charge is 2.31. The highest BCUT2D eigenvalue weighted by molar-refractivity contribution is 6.30. The van der Waals surface area contributed by atoms with Crippen molar-refractivity contribution in [2.75, 3.05) is 11.4 Å². The van der Waals surface area contributed by atoms with Gasteiger partial charge in [0.2, 0.25) is 11.8 Å². The molecule has 0 radical (unpaired) electrons. The molecule has 0 spiro atoms. The van der Waals surface area contributed by atoms with Crippen LogP contribution in [-0.2, 0) is 16.0 Å². The van der Waals surface area contributed by atoms with E-state index < -0.39 is 4.92 Å². The van der Waals surface area contributed by atoms with Gasteiger partial charge in [-0.2, -0.15) is 0 Å². The Morgan fingerprint density at radius 2 is 1.85 bits per heavy atom. The lowest BCUT2D eigenvalue weighted by Gasteiger charge is -2.17. The molecule has 0 aliphatic carbocycles. The minimum Gasteiger partial charge on any atom is -0.351 e. The second-order valence-electron chi connectivity index (χ2n) is 6.05. The highest BCUT2D eigenvalue weighted by atomic mass is 35.5. The number of nitrogens with one attached hydrogen (secondary N) is 1. The Morgan fingerprint density at radius 3 is 2.46 bits per heavy atom. The van der Waals surface area contributed by atoms with E-state index in [1.165, 1.54) is 12.1 Å². The molecule has 0 aromatic heterocycles. The Labute approximate surface area is 154 Å². The Kier molecular flexibility index (Phi) is 5.18. The SMILES string of the molecule is O=C(Cc1ccc([N+](=O)[O-])cc1)N[C@@H]1CC(=O)N(c2ccc(Cl)cc2)C1. The minimum absolute atomic E-state index is 0.0193. The summed E-state index contributed by atoms with van der Waals surface area (Å²) in [6, 6.07) is 12.5. The second kappa shape index (κ2) is 7.53. The lowest BCUT2D eigenvalue weighted by molar-refractivity contribution is -0.384. The molecule has 7 nitrogen and oxygen atoms in total. The van der Waals surface area contributed by atoms with Gasteiger partial charge < -0.3 is 10.2 Å². The highest BCUT2D eigenvalue weighted by Crippen LogP contribution is 2.23. The van der Waals surface area contributed by atoms with Gasteiger partial charge in [-0.15, -0.1) is 0 Å². The molecule has 1 fully saturated rings. The van der Waals surface area contributed by atoms with Crippen LogP contribution < -0.4 is 10.2 Å². The van der Waals surface area contributed by atoms with Crippen LogP contribution in [0.25, 0.3) is 0 Å². The van der Waals surface area contributed by atoms with Crippen LogP contribution in [0, 0.1) is 10.1 Å². The van der Waals surface area contributed by atoms with Gasteiger partial charge in [-0.3, -0.25) is 19.7 Å². The zero-order chi connectivity index (χ0) is 18.7. The maximum atomic E-state index is 12.2. The van der Waals surface area contributed by atoms with Crippen molar-refractivity contribution >= 4 is 34.8 Å². The first-order valence-corrected chi connectivity index (χ1v) is 8.39. The van der Waals surface area contributed by atoms with Crippen molar-refractivity contribution in [2.24, 2.45) is 0 Å². The number of carbonyl (C=O) groups excluding carboxylic acids is 2. The van der Waals surface area contributed by atoms with E-state index in [2.05, 4.69) is 5.32 Å². The first-order valence-electron chi connectivity index (χ1n) is 8.01. The van der Waals surface area contributed by atoms with Gasteiger partial charge in [0.25, 0.3) is 5.69 Å². The average molecular weight is 374 g/mol. The number of amides is 2. The minimum atomic E-state index is -0.487. The number of non-ortho nitro benzene ring substituents is 1. The molecule has 134 valence electrons. The van der Waals surface area contributed by atoms with E-state index in [0.717, 1.165) is 5.69 Å². The summed E-state index contributed by atoms with van der Waals surface area (Å²) in [5.41, 5.74) is 1.40. The lowest BCUT2D eigenvalue weighted by atomic mass is 10.1. The van der Waals surface area contributed by atoms with Crippen LogP contribution in [-0.4, -0.2) is 29.3 Å². The normalized spacial score (nSPS) is 16.6. The number of nitrogens with zero attached hydrogens (tertiary/aromatic N) is 2. The molecule has 8 heteroatoms. The van der Waals surface area contributed by atoms with Gasteiger partial charge in [0.05, 0.1) is 17.4 Å². The van der Waals surface area contributed by atoms with Crippen molar-refractivity contribution in [3.05, 3.63) is 69.2 Å². The van der Waals surface area contributed by atoms with E-state index in [1.54, 1.807) is 41.3 Å². The summed E-state index contributed by atoms with van der Waals surface area (Å²) in [6.45, 7) is 0.395. The molecule has 1 N–H and O–H groups in total. The molecule has 1 heterocycles. The van der Waals surface area contributed by atoms with Gasteiger partial charge in [0, 0.05) is 35.8 Å². The molecule has 0 unspecified atom stereocenters. The topological polar surface area (TPSA) is 92.5 Å². The van der Waals surface area contributed by atoms with E-state index in [0.29, 0.717) is 17.1 Å². The largest absolute Gasteiger partial charge is 0.351 e. The number of nitro groups is 1. The maximum absolute atomic E-state index is 12.2. The van der Waals surface area contributed by atoms with Gasteiger partial charge in [0.1, 0.15) is 0 Å². The van der Waals surface area contributed by atoms with Crippen molar-refractivity contribution in [2.45, 2.75) is 18.9 Å². The molecule has 2 aromatic rings. The van der Waals surface area contributed by atoms with Gasteiger partial charge in [0.15, 0.2) is 0 Å². The predicted molar refractivity (Wildman–Crippen MR) is 97.2 cm³/mol. The molecular weight excluding hydrogens is 358 g/mol. The molecule has 26 heavy (non-hydrogen) atoms. The van der Waals surface area contributed by atoms with Gasteiger partial charge in [-0.05, 0) is 29.8 Å². The van der Waals surface area contributed by atoms with Gasteiger partial charge >= 0.3 is 0 Å². The Hall–Kier alpha value is -2.93. The van der Waals surface area contributed by atoms with Crippen LogP contribution in [0.2, 0.25) is 5.02 Å². The standard InChI is InChI=1S/C18H16ClN3O4/c19-13-3-7-15(8-4-13)21-11-14(10-18(21)24)20-17(23)9-12-1-5-16(6-2-12)22(25)26/h1-8,14H,9-11H2,(H,20,23)/t14-/m1/s1. The molecule has 1 aliphatic rings. The van der Waals surface area contributed by atoms with E-state index in [9.17, 15) is 19.7 Å². The van der Waals surface area contributed by atoms with Crippen molar-refractivity contribution in [3.63, 3.8) is 0 Å². The summed E-state index contributed by atoms with van der Waals surface area (Å²) in [5.74, 6) is -0.289. The summed E-state index contributed by atoms with van der Waals surface area (Å²) in [7, 11) is 0. The third-order valence-electron chi connectivity index (χ3n) is 4.14. The third-order valence-corrected chi connectivity index (χ3v) is 4.39. The zero-order valence-corrected chi connectivity index (χ0v) is 14.5. The first-order chi connectivity index (χ1) is 12.4. The van der Waals surface area contributed by atoms with Crippen LogP contribution >= 0.6 is 11.6 Å². The molecule has 1 aliphatic heterocycles. The van der Waals surface area contributed by atoms with Gasteiger partial charge in [-0.25, -0.2) is 0 Å². The fraction of sp³-hybridized carbons (Fsp3) is 0.222. The molecule has 3 rings (SSSR count). The Morgan fingerprint density at radius 1 is 1.19 bits per heavy atom. The number of anilines is 1. The van der Waals surface area contributed by atoms with Crippen LogP contribution in [0.5, 0.6) is 0 Å². The zero-order valence-electron chi connectivity index (χ0n) is 13.7. The van der Waals surface area contributed by atoms with E-state index in [1.807, 2.05) is 0 Å². The summed E-state index contributed by atoms with van der Waals surface area (Å²) in [5, 5.41) is 14.1. The Bertz CT molecular complexity index is 837. The predicted octanol–water partition coefficient (Wildman–Crippen LogP) is 2.71. The number of halogens is 1. The quantitative estimate of drug-likeness (QED) is 0.644. The number of hydrogen-bond donors (Lipinski definition) is 1. The molecule has 0 saturated carbocycles. The smallest absolute Gasteiger partial charge is 0.269 e. The van der Waals surface area contributed by atoms with Crippen LogP contribution in [0.15, 0.2) is 48.5 Å². The van der Waals surface area contributed by atoms with E-state index >= 15 is 0 Å². The fourth-order valence-electron chi connectivity index (χ4n) is 2.87. The number of benzene rings is 2. The molecule has 1 saturated heterocycles. The maximum Gasteiger partial charge on any atom is 0.269 e. The molecule has 2 aromatic carbocycles. The third kappa shape index (κ3) is 4.18. The van der Waals surface area contributed by atoms with Crippen molar-refractivity contribution < 1.29 is 14.5 Å². The number of carbonyl (C=O) groups is 2. The number of hydrogen-bond acceptors (Lipinski definition) is 4. The molecular formula is C18H16ClN3O4. The van der Waals surface area contributed by atoms with E-state index in [4.69, 9.17) is 11.6 Å². The van der Waals surface area contributed by atoms with Gasteiger partial charge in [-0.1, -0.05) is 23.7 Å². The lowest BCUT2D eigenvalue weighted by Crippen LogP contribution is -2.38. The summed E-state index contributed by atoms with van der Waals surface area (Å²) < 4.78 is 0. The second-order valence-corrected chi connectivity index (χ2v) is 6.49. The summed E-state index contributed by atoms with van der Waals surface area (Å²) in [6.07, 6.45) is 0.332. The van der Waals surface area contributed by atoms with Crippen LogP contribution in [0.3, 0.4) is 0 Å². The van der Waals surface area contributed by atoms with Crippen molar-refractivity contribution in [3.8, 4) is 0 Å². The van der Waals surface area contributed by atoms with Crippen molar-refractivity contribution in [1.82, 2.24) is 5.32 Å². The summed E-state index contributed by atoms with van der Waals surface area (Å²) >= 11 is 5.86. The van der Waals surface area contributed by atoms with E-state index in [-0.39, 0.29) is 36.4 Å². The number of nitro benzene ring substituents is 1. The van der Waals surface area contributed by atoms with Crippen LogP contribution in [0.4, 0.5) is 11.4 Å². The van der Waals surface area contributed by atoms with Crippen LogP contribution in [0.1, 0.15) is 12.0 Å². The molecule has 0 bridgehead atoms. The average Bonchev–Trinajstić information content (AvgIpc) is 2.96. The Balaban J connectivity index is 1.57. The first kappa shape index (κ1) is 17.9.